The highest BCUT2D eigenvalue weighted by Crippen LogP contribution is 2.29. The first-order valence-electron chi connectivity index (χ1n) is 6.04. The van der Waals surface area contributed by atoms with E-state index in [0.717, 1.165) is 31.3 Å². The van der Waals surface area contributed by atoms with E-state index in [0.29, 0.717) is 6.42 Å². The SMILES string of the molecule is CN1CCNCC1Cc1cccc(C(F)(F)F)c1. The Labute approximate surface area is 105 Å². The Balaban J connectivity index is 2.09. The van der Waals surface area contributed by atoms with Gasteiger partial charge in [-0.1, -0.05) is 18.2 Å². The van der Waals surface area contributed by atoms with Gasteiger partial charge in [0.05, 0.1) is 5.56 Å². The van der Waals surface area contributed by atoms with Gasteiger partial charge in [0.25, 0.3) is 0 Å². The van der Waals surface area contributed by atoms with Gasteiger partial charge in [-0.2, -0.15) is 13.2 Å². The first-order chi connectivity index (χ1) is 8.47. The number of halogens is 3. The lowest BCUT2D eigenvalue weighted by atomic mass is 10.0. The highest BCUT2D eigenvalue weighted by molar-refractivity contribution is 5.26. The predicted octanol–water partition coefficient (Wildman–Crippen LogP) is 2.15. The van der Waals surface area contributed by atoms with Crippen LogP contribution in [0.1, 0.15) is 11.1 Å². The van der Waals surface area contributed by atoms with Crippen LogP contribution in [0.3, 0.4) is 0 Å². The molecule has 0 bridgehead atoms. The van der Waals surface area contributed by atoms with Crippen molar-refractivity contribution in [3.63, 3.8) is 0 Å². The maximum Gasteiger partial charge on any atom is 0.416 e. The third-order valence-corrected chi connectivity index (χ3v) is 3.37. The Bertz CT molecular complexity index is 403. The summed E-state index contributed by atoms with van der Waals surface area (Å²) in [5.41, 5.74) is 0.178. The summed E-state index contributed by atoms with van der Waals surface area (Å²) < 4.78 is 37.8. The van der Waals surface area contributed by atoms with Crippen LogP contribution >= 0.6 is 0 Å². The van der Waals surface area contributed by atoms with Crippen LogP contribution in [-0.4, -0.2) is 37.6 Å². The molecule has 0 aromatic heterocycles. The van der Waals surface area contributed by atoms with Gasteiger partial charge in [-0.05, 0) is 25.1 Å². The van der Waals surface area contributed by atoms with E-state index >= 15 is 0 Å². The van der Waals surface area contributed by atoms with Crippen molar-refractivity contribution in [1.29, 1.82) is 0 Å². The van der Waals surface area contributed by atoms with Gasteiger partial charge in [0.15, 0.2) is 0 Å². The molecule has 0 radical (unpaired) electrons. The summed E-state index contributed by atoms with van der Waals surface area (Å²) in [6.45, 7) is 2.70. The average Bonchev–Trinajstić information content (AvgIpc) is 2.31. The largest absolute Gasteiger partial charge is 0.416 e. The minimum atomic E-state index is -4.26. The van der Waals surface area contributed by atoms with E-state index < -0.39 is 11.7 Å². The number of likely N-dealkylation sites (N-methyl/N-ethyl adjacent to an activating group) is 1. The summed E-state index contributed by atoms with van der Waals surface area (Å²) in [5, 5.41) is 3.27. The first-order valence-corrected chi connectivity index (χ1v) is 6.04. The van der Waals surface area contributed by atoms with Crippen molar-refractivity contribution in [2.45, 2.75) is 18.6 Å². The van der Waals surface area contributed by atoms with Crippen molar-refractivity contribution in [1.82, 2.24) is 10.2 Å². The van der Waals surface area contributed by atoms with E-state index in [-0.39, 0.29) is 6.04 Å². The zero-order valence-corrected chi connectivity index (χ0v) is 10.3. The molecule has 2 rings (SSSR count). The molecule has 1 atom stereocenters. The van der Waals surface area contributed by atoms with Gasteiger partial charge in [-0.15, -0.1) is 0 Å². The van der Waals surface area contributed by atoms with Crippen LogP contribution in [0.4, 0.5) is 13.2 Å². The molecule has 5 heteroatoms. The van der Waals surface area contributed by atoms with Gasteiger partial charge in [0.2, 0.25) is 0 Å². The number of nitrogens with zero attached hydrogens (tertiary/aromatic N) is 1. The van der Waals surface area contributed by atoms with E-state index in [2.05, 4.69) is 10.2 Å². The molecular weight excluding hydrogens is 241 g/mol. The van der Waals surface area contributed by atoms with Crippen LogP contribution in [0.5, 0.6) is 0 Å². The molecule has 100 valence electrons. The second-order valence-electron chi connectivity index (χ2n) is 4.74. The Kier molecular flexibility index (Phi) is 3.92. The van der Waals surface area contributed by atoms with E-state index in [1.165, 1.54) is 12.1 Å². The zero-order valence-electron chi connectivity index (χ0n) is 10.3. The number of benzene rings is 1. The highest BCUT2D eigenvalue weighted by atomic mass is 19.4. The monoisotopic (exact) mass is 258 g/mol. The van der Waals surface area contributed by atoms with Crippen LogP contribution < -0.4 is 5.32 Å². The molecular formula is C13H17F3N2. The minimum Gasteiger partial charge on any atom is -0.314 e. The molecule has 0 saturated carbocycles. The van der Waals surface area contributed by atoms with Crippen molar-refractivity contribution < 1.29 is 13.2 Å². The molecule has 18 heavy (non-hydrogen) atoms. The lowest BCUT2D eigenvalue weighted by molar-refractivity contribution is -0.137. The van der Waals surface area contributed by atoms with Crippen LogP contribution in [0.2, 0.25) is 0 Å². The Morgan fingerprint density at radius 3 is 2.83 bits per heavy atom. The number of rotatable bonds is 2. The summed E-state index contributed by atoms with van der Waals surface area (Å²) in [6.07, 6.45) is -3.61. The van der Waals surface area contributed by atoms with Gasteiger partial charge >= 0.3 is 6.18 Å². The van der Waals surface area contributed by atoms with E-state index in [9.17, 15) is 13.2 Å². The van der Waals surface area contributed by atoms with Crippen LogP contribution in [0.15, 0.2) is 24.3 Å². The van der Waals surface area contributed by atoms with Crippen molar-refractivity contribution in [2.75, 3.05) is 26.7 Å². The van der Waals surface area contributed by atoms with Crippen molar-refractivity contribution in [3.05, 3.63) is 35.4 Å². The second kappa shape index (κ2) is 5.28. The molecule has 1 aromatic rings. The summed E-state index contributed by atoms with van der Waals surface area (Å²) in [6, 6.07) is 5.88. The third-order valence-electron chi connectivity index (χ3n) is 3.37. The smallest absolute Gasteiger partial charge is 0.314 e. The van der Waals surface area contributed by atoms with Crippen molar-refractivity contribution in [2.24, 2.45) is 0 Å². The molecule has 1 heterocycles. The summed E-state index contributed by atoms with van der Waals surface area (Å²) >= 11 is 0. The highest BCUT2D eigenvalue weighted by Gasteiger charge is 2.30. The molecule has 1 aromatic carbocycles. The number of nitrogens with one attached hydrogen (secondary N) is 1. The third kappa shape index (κ3) is 3.23. The topological polar surface area (TPSA) is 15.3 Å². The number of alkyl halides is 3. The van der Waals surface area contributed by atoms with Gasteiger partial charge in [0.1, 0.15) is 0 Å². The standard InChI is InChI=1S/C13H17F3N2/c1-18-6-5-17-9-12(18)8-10-3-2-4-11(7-10)13(14,15)16/h2-4,7,12,17H,5-6,8-9H2,1H3. The molecule has 1 unspecified atom stereocenters. The molecule has 1 aliphatic heterocycles. The maximum absolute atomic E-state index is 12.6. The van der Waals surface area contributed by atoms with E-state index in [1.807, 2.05) is 7.05 Å². The molecule has 1 saturated heterocycles. The summed E-state index contributed by atoms with van der Waals surface area (Å²) in [5.74, 6) is 0. The molecule has 0 aliphatic carbocycles. The van der Waals surface area contributed by atoms with E-state index in [4.69, 9.17) is 0 Å². The van der Waals surface area contributed by atoms with Gasteiger partial charge in [-0.25, -0.2) is 0 Å². The Hall–Kier alpha value is -1.07. The fourth-order valence-corrected chi connectivity index (χ4v) is 2.24. The molecule has 2 nitrogen and oxygen atoms in total. The first kappa shape index (κ1) is 13.4. The maximum atomic E-state index is 12.6. The molecule has 1 fully saturated rings. The minimum absolute atomic E-state index is 0.266. The predicted molar refractivity (Wildman–Crippen MR) is 64.4 cm³/mol. The van der Waals surface area contributed by atoms with Crippen LogP contribution in [-0.2, 0) is 12.6 Å². The second-order valence-corrected chi connectivity index (χ2v) is 4.74. The van der Waals surface area contributed by atoms with Gasteiger partial charge in [0, 0.05) is 25.7 Å². The Morgan fingerprint density at radius 1 is 1.39 bits per heavy atom. The molecule has 1 N–H and O–H groups in total. The van der Waals surface area contributed by atoms with Crippen LogP contribution in [0, 0.1) is 0 Å². The van der Waals surface area contributed by atoms with Crippen molar-refractivity contribution >= 4 is 0 Å². The number of piperazine rings is 1. The number of hydrogen-bond donors (Lipinski definition) is 1. The molecule has 0 spiro atoms. The lowest BCUT2D eigenvalue weighted by Gasteiger charge is -2.33. The van der Waals surface area contributed by atoms with Crippen molar-refractivity contribution in [3.8, 4) is 0 Å². The van der Waals surface area contributed by atoms with Crippen LogP contribution in [0.25, 0.3) is 0 Å². The van der Waals surface area contributed by atoms with Gasteiger partial charge < -0.3 is 10.2 Å². The molecule has 0 amide bonds. The summed E-state index contributed by atoms with van der Waals surface area (Å²) in [4.78, 5) is 2.19. The van der Waals surface area contributed by atoms with E-state index in [1.54, 1.807) is 6.07 Å². The van der Waals surface area contributed by atoms with Gasteiger partial charge in [-0.3, -0.25) is 0 Å². The fraction of sp³-hybridized carbons (Fsp3) is 0.538. The normalized spacial score (nSPS) is 22.1. The quantitative estimate of drug-likeness (QED) is 0.874. The fourth-order valence-electron chi connectivity index (χ4n) is 2.24. The molecule has 1 aliphatic rings. The zero-order chi connectivity index (χ0) is 13.2. The lowest BCUT2D eigenvalue weighted by Crippen LogP contribution is -2.50. The number of hydrogen-bond acceptors (Lipinski definition) is 2. The summed E-state index contributed by atoms with van der Waals surface area (Å²) in [7, 11) is 2.01. The Morgan fingerprint density at radius 2 is 2.17 bits per heavy atom. The average molecular weight is 258 g/mol.